The van der Waals surface area contributed by atoms with E-state index in [0.717, 1.165) is 11.3 Å². The molecule has 2 rings (SSSR count). The second-order valence-corrected chi connectivity index (χ2v) is 4.61. The van der Waals surface area contributed by atoms with E-state index in [1.165, 1.54) is 32.1 Å². The van der Waals surface area contributed by atoms with Gasteiger partial charge in [-0.2, -0.15) is 0 Å². The number of ether oxygens (including phenoxy) is 1. The van der Waals surface area contributed by atoms with Crippen LogP contribution >= 0.6 is 11.6 Å². The van der Waals surface area contributed by atoms with Crippen LogP contribution in [0.1, 0.15) is 37.7 Å². The van der Waals surface area contributed by atoms with E-state index in [2.05, 4.69) is 11.8 Å². The third kappa shape index (κ3) is 3.98. The molecule has 1 aliphatic carbocycles. The third-order valence-electron chi connectivity index (χ3n) is 2.99. The number of hydrogen-bond donors (Lipinski definition) is 0. The molecule has 0 aliphatic heterocycles. The molecule has 2 heteroatoms. The van der Waals surface area contributed by atoms with Crippen molar-refractivity contribution in [2.75, 3.05) is 5.88 Å². The number of halogens is 1. The lowest BCUT2D eigenvalue weighted by Gasteiger charge is -2.23. The highest BCUT2D eigenvalue weighted by Gasteiger charge is 2.14. The lowest BCUT2D eigenvalue weighted by atomic mass is 9.98. The van der Waals surface area contributed by atoms with Crippen LogP contribution in [0.3, 0.4) is 0 Å². The molecule has 0 unspecified atom stereocenters. The van der Waals surface area contributed by atoms with Gasteiger partial charge in [0.05, 0.1) is 12.0 Å². The molecule has 1 aromatic carbocycles. The Bertz CT molecular complexity index is 410. The SMILES string of the molecule is ClCC#Cc1cccc(OC2CCCCC2)c1. The first-order valence-electron chi connectivity index (χ1n) is 6.20. The van der Waals surface area contributed by atoms with Gasteiger partial charge in [-0.15, -0.1) is 11.6 Å². The van der Waals surface area contributed by atoms with Gasteiger partial charge in [0.1, 0.15) is 5.75 Å². The molecule has 1 aliphatic rings. The van der Waals surface area contributed by atoms with Crippen molar-refractivity contribution in [1.29, 1.82) is 0 Å². The van der Waals surface area contributed by atoms with Crippen molar-refractivity contribution in [3.63, 3.8) is 0 Å². The zero-order chi connectivity index (χ0) is 11.9. The highest BCUT2D eigenvalue weighted by molar-refractivity contribution is 6.19. The molecule has 0 bridgehead atoms. The fraction of sp³-hybridized carbons (Fsp3) is 0.467. The highest BCUT2D eigenvalue weighted by atomic mass is 35.5. The number of rotatable bonds is 2. The Morgan fingerprint density at radius 1 is 1.24 bits per heavy atom. The quantitative estimate of drug-likeness (QED) is 0.568. The summed E-state index contributed by atoms with van der Waals surface area (Å²) in [4.78, 5) is 0. The van der Waals surface area contributed by atoms with Gasteiger partial charge in [-0.25, -0.2) is 0 Å². The van der Waals surface area contributed by atoms with Crippen LogP contribution in [0, 0.1) is 11.8 Å². The molecule has 0 amide bonds. The van der Waals surface area contributed by atoms with E-state index in [0.29, 0.717) is 12.0 Å². The van der Waals surface area contributed by atoms with E-state index < -0.39 is 0 Å². The van der Waals surface area contributed by atoms with Gasteiger partial charge in [-0.05, 0) is 43.9 Å². The fourth-order valence-electron chi connectivity index (χ4n) is 2.16. The standard InChI is InChI=1S/C15H17ClO/c16-11-5-7-13-6-4-10-15(12-13)17-14-8-2-1-3-9-14/h4,6,10,12,14H,1-3,8-9,11H2. The van der Waals surface area contributed by atoms with E-state index in [1.54, 1.807) is 0 Å². The van der Waals surface area contributed by atoms with Gasteiger partial charge < -0.3 is 4.74 Å². The van der Waals surface area contributed by atoms with E-state index in [1.807, 2.05) is 24.3 Å². The minimum atomic E-state index is 0.369. The van der Waals surface area contributed by atoms with Crippen LogP contribution in [-0.2, 0) is 0 Å². The summed E-state index contributed by atoms with van der Waals surface area (Å²) >= 11 is 5.54. The van der Waals surface area contributed by atoms with Gasteiger partial charge in [0.15, 0.2) is 0 Å². The van der Waals surface area contributed by atoms with Gasteiger partial charge in [-0.3, -0.25) is 0 Å². The molecule has 1 saturated carbocycles. The van der Waals surface area contributed by atoms with Crippen molar-refractivity contribution in [3.05, 3.63) is 29.8 Å². The first-order chi connectivity index (χ1) is 8.38. The molecular formula is C15H17ClO. The summed E-state index contributed by atoms with van der Waals surface area (Å²) in [7, 11) is 0. The summed E-state index contributed by atoms with van der Waals surface area (Å²) in [5.74, 6) is 7.16. The zero-order valence-corrected chi connectivity index (χ0v) is 10.7. The van der Waals surface area contributed by atoms with Crippen molar-refractivity contribution in [2.24, 2.45) is 0 Å². The molecule has 1 nitrogen and oxygen atoms in total. The van der Waals surface area contributed by atoms with E-state index >= 15 is 0 Å². The van der Waals surface area contributed by atoms with Crippen molar-refractivity contribution in [3.8, 4) is 17.6 Å². The van der Waals surface area contributed by atoms with Crippen LogP contribution in [0.4, 0.5) is 0 Å². The molecule has 1 fully saturated rings. The van der Waals surface area contributed by atoms with Crippen molar-refractivity contribution >= 4 is 11.6 Å². The molecule has 0 spiro atoms. The summed E-state index contributed by atoms with van der Waals surface area (Å²) in [6.45, 7) is 0. The number of benzene rings is 1. The first-order valence-corrected chi connectivity index (χ1v) is 6.73. The van der Waals surface area contributed by atoms with Gasteiger partial charge in [0.2, 0.25) is 0 Å². The third-order valence-corrected chi connectivity index (χ3v) is 3.12. The van der Waals surface area contributed by atoms with E-state index in [-0.39, 0.29) is 0 Å². The molecule has 0 heterocycles. The monoisotopic (exact) mass is 248 g/mol. The lowest BCUT2D eigenvalue weighted by Crippen LogP contribution is -2.19. The number of alkyl halides is 1. The topological polar surface area (TPSA) is 9.23 Å². The molecule has 1 aromatic rings. The average Bonchev–Trinajstić information content (AvgIpc) is 2.38. The summed E-state index contributed by atoms with van der Waals surface area (Å²) in [6, 6.07) is 7.96. The van der Waals surface area contributed by atoms with Gasteiger partial charge in [0, 0.05) is 5.56 Å². The zero-order valence-electron chi connectivity index (χ0n) is 9.92. The second-order valence-electron chi connectivity index (χ2n) is 4.34. The predicted molar refractivity (Wildman–Crippen MR) is 71.5 cm³/mol. The smallest absolute Gasteiger partial charge is 0.120 e. The molecule has 0 atom stereocenters. The lowest BCUT2D eigenvalue weighted by molar-refractivity contribution is 0.155. The Morgan fingerprint density at radius 2 is 2.06 bits per heavy atom. The summed E-state index contributed by atoms with van der Waals surface area (Å²) in [5.41, 5.74) is 0.971. The molecule has 90 valence electrons. The first kappa shape index (κ1) is 12.3. The van der Waals surface area contributed by atoms with Crippen LogP contribution < -0.4 is 4.74 Å². The minimum absolute atomic E-state index is 0.369. The average molecular weight is 249 g/mol. The molecule has 0 N–H and O–H groups in total. The van der Waals surface area contributed by atoms with Gasteiger partial charge in [-0.1, -0.05) is 24.3 Å². The summed E-state index contributed by atoms with van der Waals surface area (Å²) < 4.78 is 5.98. The maximum absolute atomic E-state index is 5.98. The second kappa shape index (κ2) is 6.57. The summed E-state index contributed by atoms with van der Waals surface area (Å²) in [6.07, 6.45) is 6.67. The Labute approximate surface area is 108 Å². The van der Waals surface area contributed by atoms with Crippen LogP contribution in [0.25, 0.3) is 0 Å². The van der Waals surface area contributed by atoms with Crippen LogP contribution in [0.15, 0.2) is 24.3 Å². The van der Waals surface area contributed by atoms with Crippen LogP contribution in [0.2, 0.25) is 0 Å². The van der Waals surface area contributed by atoms with E-state index in [9.17, 15) is 0 Å². The molecule has 0 aromatic heterocycles. The number of hydrogen-bond acceptors (Lipinski definition) is 1. The van der Waals surface area contributed by atoms with Crippen molar-refractivity contribution < 1.29 is 4.74 Å². The summed E-state index contributed by atoms with van der Waals surface area (Å²) in [5, 5.41) is 0. The van der Waals surface area contributed by atoms with Gasteiger partial charge >= 0.3 is 0 Å². The van der Waals surface area contributed by atoms with Crippen molar-refractivity contribution in [2.45, 2.75) is 38.2 Å². The molecular weight excluding hydrogens is 232 g/mol. The van der Waals surface area contributed by atoms with Gasteiger partial charge in [0.25, 0.3) is 0 Å². The molecule has 17 heavy (non-hydrogen) atoms. The molecule has 0 saturated heterocycles. The molecule has 0 radical (unpaired) electrons. The van der Waals surface area contributed by atoms with Crippen LogP contribution in [0.5, 0.6) is 5.75 Å². The van der Waals surface area contributed by atoms with Crippen LogP contribution in [-0.4, -0.2) is 12.0 Å². The maximum atomic E-state index is 5.98. The highest BCUT2D eigenvalue weighted by Crippen LogP contribution is 2.23. The fourth-order valence-corrected chi connectivity index (χ4v) is 2.22. The maximum Gasteiger partial charge on any atom is 0.120 e. The Hall–Kier alpha value is -1.13. The predicted octanol–water partition coefficient (Wildman–Crippen LogP) is 3.99. The Morgan fingerprint density at radius 3 is 2.82 bits per heavy atom. The Kier molecular flexibility index (Phi) is 4.76. The largest absolute Gasteiger partial charge is 0.490 e. The normalized spacial score (nSPS) is 16.1. The Balaban J connectivity index is 2.00. The van der Waals surface area contributed by atoms with E-state index in [4.69, 9.17) is 16.3 Å². The van der Waals surface area contributed by atoms with Crippen molar-refractivity contribution in [1.82, 2.24) is 0 Å². The minimum Gasteiger partial charge on any atom is -0.490 e.